The summed E-state index contributed by atoms with van der Waals surface area (Å²) < 4.78 is 21.5. The number of hydrogen-bond acceptors (Lipinski definition) is 6. The Bertz CT molecular complexity index is 1510. The summed E-state index contributed by atoms with van der Waals surface area (Å²) in [5, 5.41) is 6.15. The molecule has 2 aliphatic heterocycles. The van der Waals surface area contributed by atoms with E-state index in [0.717, 1.165) is 64.5 Å². The van der Waals surface area contributed by atoms with E-state index in [2.05, 4.69) is 38.1 Å². The number of ether oxygens (including phenoxy) is 1. The molecule has 0 bridgehead atoms. The second-order valence-corrected chi connectivity index (χ2v) is 8.73. The van der Waals surface area contributed by atoms with Gasteiger partial charge in [-0.25, -0.2) is 14.4 Å². The number of aromatic nitrogens is 4. The van der Waals surface area contributed by atoms with Gasteiger partial charge in [-0.3, -0.25) is 9.98 Å². The first-order valence-electron chi connectivity index (χ1n) is 11.9. The number of benzene rings is 2. The van der Waals surface area contributed by atoms with Crippen LogP contribution >= 0.6 is 0 Å². The molecule has 176 valence electrons. The predicted octanol–water partition coefficient (Wildman–Crippen LogP) is 3.08. The van der Waals surface area contributed by atoms with Gasteiger partial charge in [0.1, 0.15) is 11.6 Å². The lowest BCUT2D eigenvalue weighted by Gasteiger charge is -2.21. The average molecular weight is 469 g/mol. The van der Waals surface area contributed by atoms with Crippen molar-refractivity contribution >= 4 is 23.7 Å². The summed E-state index contributed by atoms with van der Waals surface area (Å²) in [5.74, 6) is 0.377. The predicted molar refractivity (Wildman–Crippen MR) is 132 cm³/mol. The third-order valence-corrected chi connectivity index (χ3v) is 6.34. The Morgan fingerprint density at radius 1 is 1.03 bits per heavy atom. The van der Waals surface area contributed by atoms with Gasteiger partial charge in [0.05, 0.1) is 45.4 Å². The van der Waals surface area contributed by atoms with Gasteiger partial charge in [-0.05, 0) is 62.1 Å². The third kappa shape index (κ3) is 4.44. The lowest BCUT2D eigenvalue weighted by Crippen LogP contribution is -2.40. The molecule has 2 aliphatic carbocycles. The van der Waals surface area contributed by atoms with Crippen LogP contribution in [0.2, 0.25) is 0 Å². The summed E-state index contributed by atoms with van der Waals surface area (Å²) in [6.07, 6.45) is 13.0. The van der Waals surface area contributed by atoms with Gasteiger partial charge in [0, 0.05) is 31.3 Å². The number of fused-ring (bicyclic) bond motifs is 2. The number of nitrogens with one attached hydrogen (secondary N) is 1. The minimum atomic E-state index is -0.261. The largest absolute Gasteiger partial charge is 0.381 e. The minimum absolute atomic E-state index is 0.174. The van der Waals surface area contributed by atoms with E-state index in [1.54, 1.807) is 30.7 Å². The quantitative estimate of drug-likeness (QED) is 0.498. The second-order valence-electron chi connectivity index (χ2n) is 8.73. The van der Waals surface area contributed by atoms with Gasteiger partial charge < -0.3 is 14.6 Å². The smallest absolute Gasteiger partial charge is 0.148 e. The average Bonchev–Trinajstić information content (AvgIpc) is 2.90. The van der Waals surface area contributed by atoms with Crippen molar-refractivity contribution < 1.29 is 9.13 Å². The molecule has 3 heterocycles. The van der Waals surface area contributed by atoms with Gasteiger partial charge >= 0.3 is 0 Å². The summed E-state index contributed by atoms with van der Waals surface area (Å²) in [6.45, 7) is 1.42. The van der Waals surface area contributed by atoms with Crippen LogP contribution in [0, 0.1) is 5.82 Å². The van der Waals surface area contributed by atoms with Crippen LogP contribution in [0.15, 0.2) is 60.0 Å². The van der Waals surface area contributed by atoms with E-state index < -0.39 is 0 Å². The Labute approximate surface area is 201 Å². The fraction of sp³-hybridized carbons (Fsp3) is 0.259. The molecule has 1 aromatic carbocycles. The van der Waals surface area contributed by atoms with Crippen LogP contribution in [0.5, 0.6) is 0 Å². The molecule has 7 nitrogen and oxygen atoms in total. The van der Waals surface area contributed by atoms with Crippen LogP contribution in [0.3, 0.4) is 0 Å². The van der Waals surface area contributed by atoms with E-state index in [0.29, 0.717) is 19.0 Å². The maximum absolute atomic E-state index is 13.8. The molecule has 0 radical (unpaired) electrons. The maximum atomic E-state index is 13.8. The summed E-state index contributed by atoms with van der Waals surface area (Å²) in [5.41, 5.74) is 3.44. The molecule has 1 saturated heterocycles. The first kappa shape index (κ1) is 21.6. The Balaban J connectivity index is 1.62. The van der Waals surface area contributed by atoms with E-state index >= 15 is 0 Å². The van der Waals surface area contributed by atoms with Crippen molar-refractivity contribution in [1.82, 2.24) is 19.5 Å². The van der Waals surface area contributed by atoms with Gasteiger partial charge in [0.25, 0.3) is 0 Å². The molecule has 1 fully saturated rings. The van der Waals surface area contributed by atoms with Crippen molar-refractivity contribution in [3.05, 3.63) is 76.9 Å². The molecule has 0 amide bonds. The van der Waals surface area contributed by atoms with Crippen molar-refractivity contribution in [1.29, 1.82) is 0 Å². The van der Waals surface area contributed by atoms with Crippen LogP contribution in [-0.2, 0) is 4.74 Å². The van der Waals surface area contributed by atoms with Crippen LogP contribution in [0.1, 0.15) is 25.7 Å². The number of halogens is 1. The van der Waals surface area contributed by atoms with Gasteiger partial charge in [-0.1, -0.05) is 12.2 Å². The first-order chi connectivity index (χ1) is 17.2. The van der Waals surface area contributed by atoms with Crippen LogP contribution in [0.25, 0.3) is 29.2 Å². The summed E-state index contributed by atoms with van der Waals surface area (Å²) in [6, 6.07) is 10.9. The van der Waals surface area contributed by atoms with Gasteiger partial charge in [-0.2, -0.15) is 0 Å². The van der Waals surface area contributed by atoms with Crippen molar-refractivity contribution in [3.63, 3.8) is 0 Å². The fourth-order valence-corrected chi connectivity index (χ4v) is 4.64. The second kappa shape index (κ2) is 9.38. The SMILES string of the molecule is Fc1ccc(-n2c3c/c(=N\C4CCOCC4)c(Nc4cnccn4)cc-3nc3c2=CCCC=3)cc1. The first-order valence-corrected chi connectivity index (χ1v) is 11.9. The molecule has 0 saturated carbocycles. The highest BCUT2D eigenvalue weighted by Gasteiger charge is 2.18. The standard InChI is InChI=1S/C27H25FN6O/c28-18-5-7-20(8-6-18)34-25-4-2-1-3-21(25)32-24-15-22(33-27-17-29-11-12-30-27)23(16-26(24)34)31-19-9-13-35-14-10-19/h3-8,11-12,15-17,19H,1-2,9-10,13-14H2,(H,30,33)/b31-23+. The molecular formula is C27H25FN6O. The summed E-state index contributed by atoms with van der Waals surface area (Å²) >= 11 is 0. The molecule has 0 spiro atoms. The lowest BCUT2D eigenvalue weighted by atomic mass is 10.1. The highest BCUT2D eigenvalue weighted by Crippen LogP contribution is 2.24. The van der Waals surface area contributed by atoms with Crippen molar-refractivity contribution in [2.45, 2.75) is 31.7 Å². The minimum Gasteiger partial charge on any atom is -0.381 e. The molecule has 2 aromatic rings. The molecule has 1 N–H and O–H groups in total. The topological polar surface area (TPSA) is 77.2 Å². The summed E-state index contributed by atoms with van der Waals surface area (Å²) in [4.78, 5) is 18.7. The van der Waals surface area contributed by atoms with Gasteiger partial charge in [0.2, 0.25) is 0 Å². The van der Waals surface area contributed by atoms with Gasteiger partial charge in [0.15, 0.2) is 0 Å². The van der Waals surface area contributed by atoms with Crippen LogP contribution in [0.4, 0.5) is 15.9 Å². The number of anilines is 2. The zero-order chi connectivity index (χ0) is 23.6. The van der Waals surface area contributed by atoms with E-state index in [-0.39, 0.29) is 11.9 Å². The van der Waals surface area contributed by atoms with Crippen LogP contribution < -0.4 is 21.4 Å². The Kier molecular flexibility index (Phi) is 5.79. The van der Waals surface area contributed by atoms with E-state index in [4.69, 9.17) is 14.7 Å². The highest BCUT2D eigenvalue weighted by atomic mass is 19.1. The molecule has 0 unspecified atom stereocenters. The molecule has 35 heavy (non-hydrogen) atoms. The van der Waals surface area contributed by atoms with Crippen molar-refractivity contribution in [2.24, 2.45) is 4.99 Å². The van der Waals surface area contributed by atoms with E-state index in [1.165, 1.54) is 12.1 Å². The Hall–Kier alpha value is -3.91. The van der Waals surface area contributed by atoms with Crippen molar-refractivity contribution in [3.8, 4) is 17.1 Å². The number of hydrogen-bond donors (Lipinski definition) is 1. The lowest BCUT2D eigenvalue weighted by molar-refractivity contribution is 0.0864. The third-order valence-electron chi connectivity index (χ3n) is 6.34. The normalized spacial score (nSPS) is 16.4. The molecule has 8 heteroatoms. The zero-order valence-electron chi connectivity index (χ0n) is 19.2. The monoisotopic (exact) mass is 468 g/mol. The number of rotatable bonds is 4. The zero-order valence-corrected chi connectivity index (χ0v) is 19.2. The highest BCUT2D eigenvalue weighted by molar-refractivity contribution is 5.69. The molecule has 6 rings (SSSR count). The molecular weight excluding hydrogens is 443 g/mol. The Morgan fingerprint density at radius 3 is 2.66 bits per heavy atom. The summed E-state index contributed by atoms with van der Waals surface area (Å²) in [7, 11) is 0. The van der Waals surface area contributed by atoms with Crippen molar-refractivity contribution in [2.75, 3.05) is 18.5 Å². The van der Waals surface area contributed by atoms with E-state index in [1.807, 2.05) is 6.07 Å². The molecule has 1 aromatic heterocycles. The molecule has 0 atom stereocenters. The maximum Gasteiger partial charge on any atom is 0.148 e. The fourth-order valence-electron chi connectivity index (χ4n) is 4.64. The van der Waals surface area contributed by atoms with Gasteiger partial charge in [-0.15, -0.1) is 0 Å². The molecule has 4 aliphatic rings. The van der Waals surface area contributed by atoms with Crippen LogP contribution in [-0.4, -0.2) is 38.8 Å². The Morgan fingerprint density at radius 2 is 1.86 bits per heavy atom. The number of nitrogens with zero attached hydrogens (tertiary/aromatic N) is 5. The van der Waals surface area contributed by atoms with E-state index in [9.17, 15) is 4.39 Å².